The van der Waals surface area contributed by atoms with E-state index in [4.69, 9.17) is 5.73 Å². The number of hydrogen-bond donors (Lipinski definition) is 5. The fraction of sp³-hybridized carbons (Fsp3) is 0.704. The first-order chi connectivity index (χ1) is 18.3. The van der Waals surface area contributed by atoms with Crippen molar-refractivity contribution in [3.8, 4) is 0 Å². The molecule has 1 saturated heterocycles. The minimum Gasteiger partial charge on any atom is -0.368 e. The van der Waals surface area contributed by atoms with Crippen LogP contribution in [0.1, 0.15) is 72.9 Å². The number of imidazole rings is 1. The number of primary amides is 1. The normalized spacial score (nSPS) is 18.4. The third kappa shape index (κ3) is 9.07. The molecule has 12 heteroatoms. The summed E-state index contributed by atoms with van der Waals surface area (Å²) in [5.74, 6) is -2.65. The van der Waals surface area contributed by atoms with E-state index in [9.17, 15) is 24.0 Å². The lowest BCUT2D eigenvalue weighted by Gasteiger charge is -2.32. The summed E-state index contributed by atoms with van der Waals surface area (Å²) in [4.78, 5) is 73.1. The molecule has 2 rings (SSSR count). The highest BCUT2D eigenvalue weighted by Crippen LogP contribution is 2.20. The molecule has 1 aromatic heterocycles. The van der Waals surface area contributed by atoms with Crippen molar-refractivity contribution in [2.24, 2.45) is 23.5 Å². The van der Waals surface area contributed by atoms with Gasteiger partial charge in [-0.2, -0.15) is 0 Å². The third-order valence-electron chi connectivity index (χ3n) is 7.11. The number of aromatic nitrogens is 2. The van der Waals surface area contributed by atoms with Gasteiger partial charge in [0.2, 0.25) is 29.5 Å². The number of likely N-dealkylation sites (tertiary alicyclic amines) is 1. The van der Waals surface area contributed by atoms with Crippen LogP contribution in [0.25, 0.3) is 0 Å². The molecule has 218 valence electrons. The molecule has 0 bridgehead atoms. The van der Waals surface area contributed by atoms with Gasteiger partial charge in [0.05, 0.1) is 6.33 Å². The molecule has 0 saturated carbocycles. The van der Waals surface area contributed by atoms with Crippen molar-refractivity contribution in [1.82, 2.24) is 30.8 Å². The molecule has 5 amide bonds. The van der Waals surface area contributed by atoms with Crippen LogP contribution in [0.5, 0.6) is 0 Å². The average molecular weight is 548 g/mol. The number of amides is 5. The Bertz CT molecular complexity index is 995. The van der Waals surface area contributed by atoms with Crippen LogP contribution in [-0.4, -0.2) is 75.1 Å². The van der Waals surface area contributed by atoms with Crippen LogP contribution in [0.2, 0.25) is 0 Å². The molecule has 5 atom stereocenters. The molecule has 2 heterocycles. The number of carbonyl (C=O) groups excluding carboxylic acids is 5. The molecule has 1 aromatic rings. The maximum Gasteiger partial charge on any atom is 0.246 e. The number of nitrogens with two attached hydrogens (primary N) is 1. The second-order valence-electron chi connectivity index (χ2n) is 11.2. The van der Waals surface area contributed by atoms with Gasteiger partial charge in [0.1, 0.15) is 24.2 Å². The topological polar surface area (TPSA) is 179 Å². The summed E-state index contributed by atoms with van der Waals surface area (Å²) in [5.41, 5.74) is 6.16. The molecule has 6 N–H and O–H groups in total. The number of hydrogen-bond acceptors (Lipinski definition) is 6. The molecule has 1 aliphatic rings. The van der Waals surface area contributed by atoms with E-state index in [0.29, 0.717) is 31.5 Å². The van der Waals surface area contributed by atoms with Gasteiger partial charge in [-0.3, -0.25) is 24.0 Å². The Hall–Kier alpha value is -3.44. The lowest BCUT2D eigenvalue weighted by atomic mass is 9.95. The fourth-order valence-electron chi connectivity index (χ4n) is 4.67. The summed E-state index contributed by atoms with van der Waals surface area (Å²) < 4.78 is 0. The van der Waals surface area contributed by atoms with E-state index in [1.807, 2.05) is 27.7 Å². The summed E-state index contributed by atoms with van der Waals surface area (Å²) in [5, 5.41) is 8.43. The smallest absolute Gasteiger partial charge is 0.246 e. The van der Waals surface area contributed by atoms with Gasteiger partial charge in [-0.15, -0.1) is 0 Å². The van der Waals surface area contributed by atoms with Crippen molar-refractivity contribution in [2.45, 2.75) is 97.8 Å². The molecule has 0 aromatic carbocycles. The van der Waals surface area contributed by atoms with E-state index in [1.165, 1.54) is 11.2 Å². The molecule has 1 aliphatic heterocycles. The molecule has 39 heavy (non-hydrogen) atoms. The fourth-order valence-corrected chi connectivity index (χ4v) is 4.67. The monoisotopic (exact) mass is 547 g/mol. The second-order valence-corrected chi connectivity index (χ2v) is 11.2. The Morgan fingerprint density at radius 3 is 2.26 bits per heavy atom. The van der Waals surface area contributed by atoms with Crippen molar-refractivity contribution in [3.05, 3.63) is 18.2 Å². The van der Waals surface area contributed by atoms with Crippen molar-refractivity contribution >= 4 is 29.5 Å². The number of H-pyrrole nitrogens is 1. The maximum absolute atomic E-state index is 13.5. The average Bonchev–Trinajstić information content (AvgIpc) is 3.56. The van der Waals surface area contributed by atoms with Gasteiger partial charge >= 0.3 is 0 Å². The maximum atomic E-state index is 13.5. The van der Waals surface area contributed by atoms with E-state index in [1.54, 1.807) is 20.0 Å². The van der Waals surface area contributed by atoms with Gasteiger partial charge in [0, 0.05) is 31.3 Å². The van der Waals surface area contributed by atoms with Crippen LogP contribution in [0.4, 0.5) is 0 Å². The molecule has 0 aliphatic carbocycles. The van der Waals surface area contributed by atoms with Crippen molar-refractivity contribution in [2.75, 3.05) is 6.54 Å². The van der Waals surface area contributed by atoms with Crippen LogP contribution >= 0.6 is 0 Å². The zero-order valence-corrected chi connectivity index (χ0v) is 24.0. The van der Waals surface area contributed by atoms with E-state index in [-0.39, 0.29) is 42.4 Å². The van der Waals surface area contributed by atoms with Crippen molar-refractivity contribution in [3.63, 3.8) is 0 Å². The number of aromatic amines is 1. The summed E-state index contributed by atoms with van der Waals surface area (Å²) in [6.07, 6.45) is 5.21. The van der Waals surface area contributed by atoms with Gasteiger partial charge in [0.25, 0.3) is 0 Å². The Morgan fingerprint density at radius 2 is 1.72 bits per heavy atom. The summed E-state index contributed by atoms with van der Waals surface area (Å²) in [6.45, 7) is 11.6. The Labute approximate surface area is 230 Å². The van der Waals surface area contributed by atoms with E-state index in [2.05, 4.69) is 25.9 Å². The first-order valence-corrected chi connectivity index (χ1v) is 13.8. The van der Waals surface area contributed by atoms with Crippen molar-refractivity contribution in [1.29, 1.82) is 0 Å². The molecule has 0 unspecified atom stereocenters. The standard InChI is InChI=1S/C27H45N7O5/c1-7-17(6)23(26(38)32-22(16(4)5)27(39)34-10-8-9-20(34)24(28)36)33-25(37)19(12-18-13-29-14-30-18)31-21(35)11-15(2)3/h13-17,19-20,22-23H,7-12H2,1-6H3,(H2,28,36)(H,29,30)(H,31,35)(H,32,38)(H,33,37)/t17-,19+,20-,22-,23-/m0/s1. The van der Waals surface area contributed by atoms with E-state index in [0.717, 1.165) is 0 Å². The van der Waals surface area contributed by atoms with Crippen molar-refractivity contribution < 1.29 is 24.0 Å². The summed E-state index contributed by atoms with van der Waals surface area (Å²) in [7, 11) is 0. The molecule has 0 spiro atoms. The minimum atomic E-state index is -0.951. The van der Waals surface area contributed by atoms with Crippen LogP contribution in [0.15, 0.2) is 12.5 Å². The van der Waals surface area contributed by atoms with Crippen LogP contribution in [0, 0.1) is 17.8 Å². The highest BCUT2D eigenvalue weighted by Gasteiger charge is 2.39. The molecule has 0 radical (unpaired) electrons. The largest absolute Gasteiger partial charge is 0.368 e. The first kappa shape index (κ1) is 31.8. The minimum absolute atomic E-state index is 0.106. The quantitative estimate of drug-likeness (QED) is 0.228. The lowest BCUT2D eigenvalue weighted by molar-refractivity contribution is -0.142. The van der Waals surface area contributed by atoms with E-state index >= 15 is 0 Å². The van der Waals surface area contributed by atoms with Gasteiger partial charge in [-0.05, 0) is 30.6 Å². The molecule has 12 nitrogen and oxygen atoms in total. The predicted octanol–water partition coefficient (Wildman–Crippen LogP) is 0.631. The highest BCUT2D eigenvalue weighted by atomic mass is 16.2. The van der Waals surface area contributed by atoms with E-state index < -0.39 is 41.9 Å². The van der Waals surface area contributed by atoms with Gasteiger partial charge in [-0.1, -0.05) is 48.0 Å². The summed E-state index contributed by atoms with van der Waals surface area (Å²) >= 11 is 0. The lowest BCUT2D eigenvalue weighted by Crippen LogP contribution is -2.60. The third-order valence-corrected chi connectivity index (χ3v) is 7.11. The second kappa shape index (κ2) is 14.6. The van der Waals surface area contributed by atoms with Gasteiger partial charge in [-0.25, -0.2) is 4.98 Å². The Kier molecular flexibility index (Phi) is 11.9. The zero-order valence-electron chi connectivity index (χ0n) is 24.0. The van der Waals surface area contributed by atoms with Crippen LogP contribution in [0.3, 0.4) is 0 Å². The zero-order chi connectivity index (χ0) is 29.3. The van der Waals surface area contributed by atoms with Crippen LogP contribution < -0.4 is 21.7 Å². The molecular formula is C27H45N7O5. The predicted molar refractivity (Wildman–Crippen MR) is 146 cm³/mol. The Morgan fingerprint density at radius 1 is 1.05 bits per heavy atom. The molecular weight excluding hydrogens is 502 g/mol. The first-order valence-electron chi connectivity index (χ1n) is 13.8. The summed E-state index contributed by atoms with van der Waals surface area (Å²) in [6, 6.07) is -3.47. The van der Waals surface area contributed by atoms with Gasteiger partial charge in [0.15, 0.2) is 0 Å². The Balaban J connectivity index is 2.22. The number of nitrogens with one attached hydrogen (secondary N) is 4. The number of carbonyl (C=O) groups is 5. The number of nitrogens with zero attached hydrogens (tertiary/aromatic N) is 2. The number of rotatable bonds is 14. The van der Waals surface area contributed by atoms with Gasteiger partial charge < -0.3 is 31.6 Å². The highest BCUT2D eigenvalue weighted by molar-refractivity contribution is 5.95. The molecule has 1 fully saturated rings. The SMILES string of the molecule is CC[C@H](C)[C@H](NC(=O)[C@@H](Cc1cnc[nH]1)NC(=O)CC(C)C)C(=O)N[C@H](C(=O)N1CCC[C@H]1C(N)=O)C(C)C. The van der Waals surface area contributed by atoms with Crippen LogP contribution in [-0.2, 0) is 30.4 Å².